The van der Waals surface area contributed by atoms with Crippen molar-refractivity contribution < 1.29 is 0 Å². The summed E-state index contributed by atoms with van der Waals surface area (Å²) < 4.78 is 0. The first-order valence-electron chi connectivity index (χ1n) is 8.05. The second kappa shape index (κ2) is 7.78. The summed E-state index contributed by atoms with van der Waals surface area (Å²) >= 11 is 0. The van der Waals surface area contributed by atoms with E-state index in [1.165, 1.54) is 11.3 Å². The molecule has 0 aromatic heterocycles. The zero-order chi connectivity index (χ0) is 15.2. The van der Waals surface area contributed by atoms with Gasteiger partial charge in [-0.2, -0.15) is 0 Å². The Bertz CT molecular complexity index is 407. The van der Waals surface area contributed by atoms with E-state index in [4.69, 9.17) is 5.73 Å². The maximum atomic E-state index is 6.04. The molecule has 1 aromatic rings. The quantitative estimate of drug-likeness (QED) is 0.833. The van der Waals surface area contributed by atoms with Crippen molar-refractivity contribution in [3.8, 4) is 0 Å². The molecule has 0 amide bonds. The van der Waals surface area contributed by atoms with Crippen molar-refractivity contribution in [3.63, 3.8) is 0 Å². The Labute approximate surface area is 129 Å². The average Bonchev–Trinajstić information content (AvgIpc) is 2.48. The van der Waals surface area contributed by atoms with Crippen molar-refractivity contribution in [2.45, 2.75) is 26.4 Å². The van der Waals surface area contributed by atoms with E-state index in [9.17, 15) is 0 Å². The molecule has 1 aliphatic rings. The number of likely N-dealkylation sites (N-methyl/N-ethyl adjacent to an activating group) is 1. The molecule has 1 fully saturated rings. The lowest BCUT2D eigenvalue weighted by Gasteiger charge is -2.34. The number of nitrogens with two attached hydrogens (primary N) is 1. The van der Waals surface area contributed by atoms with Crippen molar-refractivity contribution in [3.05, 3.63) is 29.8 Å². The van der Waals surface area contributed by atoms with Crippen LogP contribution in [-0.2, 0) is 6.54 Å². The molecule has 3 N–H and O–H groups in total. The number of nitrogens with one attached hydrogen (secondary N) is 1. The molecule has 0 radical (unpaired) electrons. The van der Waals surface area contributed by atoms with Crippen LogP contribution in [0.4, 0.5) is 5.69 Å². The highest BCUT2D eigenvalue weighted by molar-refractivity contribution is 5.48. The summed E-state index contributed by atoms with van der Waals surface area (Å²) in [4.78, 5) is 4.85. The molecule has 0 bridgehead atoms. The smallest absolute Gasteiger partial charge is 0.0367 e. The summed E-state index contributed by atoms with van der Waals surface area (Å²) in [5.41, 5.74) is 8.70. The van der Waals surface area contributed by atoms with Crippen LogP contribution in [0.1, 0.15) is 19.4 Å². The first-order valence-corrected chi connectivity index (χ1v) is 8.05. The SMILES string of the molecule is CC(C)C(N)CNCc1ccc(N2CCN(C)CC2)cc1. The fourth-order valence-electron chi connectivity index (χ4n) is 2.51. The monoisotopic (exact) mass is 290 g/mol. The first-order chi connectivity index (χ1) is 10.1. The second-order valence-corrected chi connectivity index (χ2v) is 6.50. The fraction of sp³-hybridized carbons (Fsp3) is 0.647. The first kappa shape index (κ1) is 16.3. The van der Waals surface area contributed by atoms with Gasteiger partial charge in [0.25, 0.3) is 0 Å². The molecule has 1 heterocycles. The van der Waals surface area contributed by atoms with Crippen LogP contribution in [0.3, 0.4) is 0 Å². The molecule has 1 aromatic carbocycles. The molecule has 0 spiro atoms. The second-order valence-electron chi connectivity index (χ2n) is 6.50. The van der Waals surface area contributed by atoms with E-state index in [-0.39, 0.29) is 6.04 Å². The van der Waals surface area contributed by atoms with Gasteiger partial charge in [0.2, 0.25) is 0 Å². The van der Waals surface area contributed by atoms with Gasteiger partial charge in [-0.3, -0.25) is 0 Å². The Morgan fingerprint density at radius 2 is 1.71 bits per heavy atom. The number of piperazine rings is 1. The number of rotatable bonds is 6. The van der Waals surface area contributed by atoms with Crippen molar-refractivity contribution >= 4 is 5.69 Å². The maximum absolute atomic E-state index is 6.04. The van der Waals surface area contributed by atoms with Gasteiger partial charge in [0.1, 0.15) is 0 Å². The van der Waals surface area contributed by atoms with Crippen molar-refractivity contribution in [1.29, 1.82) is 0 Å². The van der Waals surface area contributed by atoms with E-state index in [2.05, 4.69) is 60.3 Å². The lowest BCUT2D eigenvalue weighted by molar-refractivity contribution is 0.313. The van der Waals surface area contributed by atoms with Crippen LogP contribution in [0.2, 0.25) is 0 Å². The highest BCUT2D eigenvalue weighted by Crippen LogP contribution is 2.17. The lowest BCUT2D eigenvalue weighted by atomic mass is 10.1. The molecule has 2 rings (SSSR count). The van der Waals surface area contributed by atoms with Gasteiger partial charge >= 0.3 is 0 Å². The highest BCUT2D eigenvalue weighted by Gasteiger charge is 2.13. The van der Waals surface area contributed by atoms with Crippen LogP contribution in [0, 0.1) is 5.92 Å². The molecule has 1 saturated heterocycles. The highest BCUT2D eigenvalue weighted by atomic mass is 15.2. The van der Waals surface area contributed by atoms with Crippen LogP contribution in [-0.4, -0.2) is 50.7 Å². The minimum absolute atomic E-state index is 0.231. The van der Waals surface area contributed by atoms with Gasteiger partial charge in [-0.05, 0) is 30.7 Å². The summed E-state index contributed by atoms with van der Waals surface area (Å²) in [5, 5.41) is 3.44. The zero-order valence-electron chi connectivity index (χ0n) is 13.7. The Morgan fingerprint density at radius 3 is 2.29 bits per heavy atom. The van der Waals surface area contributed by atoms with Gasteiger partial charge < -0.3 is 20.9 Å². The molecule has 0 aliphatic carbocycles. The Morgan fingerprint density at radius 1 is 1.10 bits per heavy atom. The van der Waals surface area contributed by atoms with Gasteiger partial charge in [0, 0.05) is 51.0 Å². The zero-order valence-corrected chi connectivity index (χ0v) is 13.7. The Kier molecular flexibility index (Phi) is 6.03. The maximum Gasteiger partial charge on any atom is 0.0367 e. The number of benzene rings is 1. The van der Waals surface area contributed by atoms with Gasteiger partial charge in [0.05, 0.1) is 0 Å². The standard InChI is InChI=1S/C17H30N4/c1-14(2)17(18)13-19-12-15-4-6-16(7-5-15)21-10-8-20(3)9-11-21/h4-7,14,17,19H,8-13,18H2,1-3H3. The van der Waals surface area contributed by atoms with E-state index >= 15 is 0 Å². The minimum Gasteiger partial charge on any atom is -0.369 e. The summed E-state index contributed by atoms with van der Waals surface area (Å²) in [7, 11) is 2.19. The van der Waals surface area contributed by atoms with Gasteiger partial charge in [-0.15, -0.1) is 0 Å². The largest absolute Gasteiger partial charge is 0.369 e. The predicted molar refractivity (Wildman–Crippen MR) is 90.7 cm³/mol. The summed E-state index contributed by atoms with van der Waals surface area (Å²) in [6.07, 6.45) is 0. The van der Waals surface area contributed by atoms with Crippen LogP contribution in [0.25, 0.3) is 0 Å². The number of hydrogen-bond acceptors (Lipinski definition) is 4. The third kappa shape index (κ3) is 4.99. The van der Waals surface area contributed by atoms with Crippen molar-refractivity contribution in [1.82, 2.24) is 10.2 Å². The van der Waals surface area contributed by atoms with Crippen molar-refractivity contribution in [2.75, 3.05) is 44.7 Å². The van der Waals surface area contributed by atoms with E-state index < -0.39 is 0 Å². The molecular weight excluding hydrogens is 260 g/mol. The Hall–Kier alpha value is -1.10. The number of hydrogen-bond donors (Lipinski definition) is 2. The van der Waals surface area contributed by atoms with Crippen molar-refractivity contribution in [2.24, 2.45) is 11.7 Å². The molecule has 1 atom stereocenters. The van der Waals surface area contributed by atoms with Gasteiger partial charge in [0.15, 0.2) is 0 Å². The van der Waals surface area contributed by atoms with Crippen LogP contribution in [0.5, 0.6) is 0 Å². The molecule has 118 valence electrons. The fourth-order valence-corrected chi connectivity index (χ4v) is 2.51. The van der Waals surface area contributed by atoms with E-state index in [0.717, 1.165) is 39.3 Å². The third-order valence-corrected chi connectivity index (χ3v) is 4.37. The van der Waals surface area contributed by atoms with E-state index in [1.54, 1.807) is 0 Å². The molecule has 4 nitrogen and oxygen atoms in total. The summed E-state index contributed by atoms with van der Waals surface area (Å²) in [6.45, 7) is 10.6. The molecule has 1 aliphatic heterocycles. The average molecular weight is 290 g/mol. The number of anilines is 1. The third-order valence-electron chi connectivity index (χ3n) is 4.37. The van der Waals surface area contributed by atoms with Gasteiger partial charge in [-0.1, -0.05) is 26.0 Å². The summed E-state index contributed by atoms with van der Waals surface area (Å²) in [5.74, 6) is 0.525. The topological polar surface area (TPSA) is 44.5 Å². The van der Waals surface area contributed by atoms with Crippen LogP contribution < -0.4 is 16.0 Å². The summed E-state index contributed by atoms with van der Waals surface area (Å²) in [6, 6.07) is 9.16. The van der Waals surface area contributed by atoms with Crippen LogP contribution >= 0.6 is 0 Å². The number of nitrogens with zero attached hydrogens (tertiary/aromatic N) is 2. The molecule has 1 unspecified atom stereocenters. The molecule has 21 heavy (non-hydrogen) atoms. The molecule has 0 saturated carbocycles. The minimum atomic E-state index is 0.231. The Balaban J connectivity index is 1.79. The predicted octanol–water partition coefficient (Wildman–Crippen LogP) is 1.51. The normalized spacial score (nSPS) is 18.2. The van der Waals surface area contributed by atoms with E-state index in [1.807, 2.05) is 0 Å². The molecule has 4 heteroatoms. The lowest BCUT2D eigenvalue weighted by Crippen LogP contribution is -2.44. The van der Waals surface area contributed by atoms with E-state index in [0.29, 0.717) is 5.92 Å². The molecular formula is C17H30N4. The van der Waals surface area contributed by atoms with Gasteiger partial charge in [-0.25, -0.2) is 0 Å². The van der Waals surface area contributed by atoms with Crippen LogP contribution in [0.15, 0.2) is 24.3 Å².